The summed E-state index contributed by atoms with van der Waals surface area (Å²) in [5.74, 6) is 0.173. The highest BCUT2D eigenvalue weighted by Gasteiger charge is 2.33. The van der Waals surface area contributed by atoms with E-state index < -0.39 is 0 Å². The van der Waals surface area contributed by atoms with Crippen molar-refractivity contribution in [1.82, 2.24) is 4.90 Å². The summed E-state index contributed by atoms with van der Waals surface area (Å²) in [7, 11) is 0. The quantitative estimate of drug-likeness (QED) is 0.866. The molecule has 0 bridgehead atoms. The Labute approximate surface area is 109 Å². The second-order valence-corrected chi connectivity index (χ2v) is 5.12. The summed E-state index contributed by atoms with van der Waals surface area (Å²) in [6.07, 6.45) is 3.16. The molecule has 0 saturated heterocycles. The number of rotatable bonds is 5. The fourth-order valence-electron chi connectivity index (χ4n) is 2.24. The van der Waals surface area contributed by atoms with Crippen LogP contribution in [0.5, 0.6) is 0 Å². The van der Waals surface area contributed by atoms with Gasteiger partial charge in [-0.2, -0.15) is 0 Å². The summed E-state index contributed by atoms with van der Waals surface area (Å²) in [6, 6.07) is 6.39. The lowest BCUT2D eigenvalue weighted by Gasteiger charge is -2.23. The van der Waals surface area contributed by atoms with Crippen molar-refractivity contribution >= 4 is 5.91 Å². The van der Waals surface area contributed by atoms with Crippen LogP contribution in [0.4, 0.5) is 0 Å². The first-order chi connectivity index (χ1) is 8.65. The van der Waals surface area contributed by atoms with Gasteiger partial charge in [0.1, 0.15) is 0 Å². The molecule has 0 aliphatic heterocycles. The van der Waals surface area contributed by atoms with Crippen LogP contribution in [-0.4, -0.2) is 29.9 Å². The van der Waals surface area contributed by atoms with E-state index in [1.165, 1.54) is 5.56 Å². The molecule has 1 saturated carbocycles. The molecule has 1 aliphatic carbocycles. The van der Waals surface area contributed by atoms with Gasteiger partial charge in [0, 0.05) is 18.2 Å². The number of hydrogen-bond donors (Lipinski definition) is 1. The minimum Gasteiger partial charge on any atom is -0.336 e. The molecule has 98 valence electrons. The molecule has 0 heterocycles. The van der Waals surface area contributed by atoms with Crippen molar-refractivity contribution in [3.05, 3.63) is 34.9 Å². The van der Waals surface area contributed by atoms with Gasteiger partial charge >= 0.3 is 0 Å². The molecule has 0 spiro atoms. The van der Waals surface area contributed by atoms with Crippen LogP contribution >= 0.6 is 0 Å². The molecule has 1 aromatic carbocycles. The van der Waals surface area contributed by atoms with Crippen LogP contribution in [-0.2, 0) is 0 Å². The van der Waals surface area contributed by atoms with Gasteiger partial charge in [-0.25, -0.2) is 0 Å². The second-order valence-electron chi connectivity index (χ2n) is 5.12. The van der Waals surface area contributed by atoms with Crippen LogP contribution in [0.1, 0.15) is 40.7 Å². The third-order valence-electron chi connectivity index (χ3n) is 3.69. The van der Waals surface area contributed by atoms with Crippen LogP contribution in [0.15, 0.2) is 18.2 Å². The van der Waals surface area contributed by atoms with Gasteiger partial charge in [0.2, 0.25) is 0 Å². The number of nitrogens with two attached hydrogens (primary N) is 1. The monoisotopic (exact) mass is 246 g/mol. The van der Waals surface area contributed by atoms with Crippen molar-refractivity contribution < 1.29 is 4.79 Å². The largest absolute Gasteiger partial charge is 0.336 e. The first-order valence-corrected chi connectivity index (χ1v) is 6.72. The van der Waals surface area contributed by atoms with E-state index in [-0.39, 0.29) is 5.91 Å². The predicted molar refractivity (Wildman–Crippen MR) is 73.6 cm³/mol. The summed E-state index contributed by atoms with van der Waals surface area (Å²) >= 11 is 0. The van der Waals surface area contributed by atoms with E-state index in [0.29, 0.717) is 12.6 Å². The summed E-state index contributed by atoms with van der Waals surface area (Å²) in [5, 5.41) is 0. The van der Waals surface area contributed by atoms with Crippen LogP contribution in [0, 0.1) is 13.8 Å². The van der Waals surface area contributed by atoms with Crippen molar-refractivity contribution in [2.45, 2.75) is 39.2 Å². The third-order valence-corrected chi connectivity index (χ3v) is 3.69. The number of hydrogen-bond acceptors (Lipinski definition) is 2. The maximum atomic E-state index is 12.6. The summed E-state index contributed by atoms with van der Waals surface area (Å²) in [4.78, 5) is 14.6. The Kier molecular flexibility index (Phi) is 4.02. The van der Waals surface area contributed by atoms with E-state index in [0.717, 1.165) is 36.9 Å². The minimum atomic E-state index is 0.173. The highest BCUT2D eigenvalue weighted by Crippen LogP contribution is 2.29. The third kappa shape index (κ3) is 2.72. The fraction of sp³-hybridized carbons (Fsp3) is 0.533. The van der Waals surface area contributed by atoms with Crippen LogP contribution in [0.3, 0.4) is 0 Å². The Morgan fingerprint density at radius 3 is 2.72 bits per heavy atom. The Hall–Kier alpha value is -1.35. The van der Waals surface area contributed by atoms with Gasteiger partial charge in [0.05, 0.1) is 0 Å². The lowest BCUT2D eigenvalue weighted by Crippen LogP contribution is -2.35. The number of benzene rings is 1. The van der Waals surface area contributed by atoms with E-state index in [9.17, 15) is 4.79 Å². The maximum Gasteiger partial charge on any atom is 0.254 e. The molecule has 18 heavy (non-hydrogen) atoms. The zero-order valence-corrected chi connectivity index (χ0v) is 11.3. The highest BCUT2D eigenvalue weighted by molar-refractivity contribution is 5.96. The summed E-state index contributed by atoms with van der Waals surface area (Å²) in [6.45, 7) is 5.50. The van der Waals surface area contributed by atoms with E-state index in [1.54, 1.807) is 0 Å². The lowest BCUT2D eigenvalue weighted by molar-refractivity contribution is 0.0741. The topological polar surface area (TPSA) is 46.3 Å². The van der Waals surface area contributed by atoms with Gasteiger partial charge in [0.15, 0.2) is 0 Å². The number of nitrogens with zero attached hydrogens (tertiary/aromatic N) is 1. The standard InChI is InChI=1S/C15H22N2O/c1-11-5-3-6-14(12(11)2)15(18)17(10-4-9-16)13-7-8-13/h3,5-6,13H,4,7-10,16H2,1-2H3. The van der Waals surface area contributed by atoms with Crippen molar-refractivity contribution in [3.8, 4) is 0 Å². The first kappa shape index (κ1) is 13.1. The molecule has 1 aliphatic rings. The molecule has 1 aromatic rings. The van der Waals surface area contributed by atoms with E-state index in [1.807, 2.05) is 36.9 Å². The van der Waals surface area contributed by atoms with Crippen molar-refractivity contribution in [1.29, 1.82) is 0 Å². The van der Waals surface area contributed by atoms with Gasteiger partial charge in [-0.1, -0.05) is 12.1 Å². The molecule has 1 amide bonds. The lowest BCUT2D eigenvalue weighted by atomic mass is 10.0. The Balaban J connectivity index is 2.19. The van der Waals surface area contributed by atoms with E-state index in [2.05, 4.69) is 0 Å². The normalized spacial score (nSPS) is 14.6. The maximum absolute atomic E-state index is 12.6. The molecule has 0 atom stereocenters. The molecular weight excluding hydrogens is 224 g/mol. The Morgan fingerprint density at radius 2 is 2.11 bits per heavy atom. The summed E-state index contributed by atoms with van der Waals surface area (Å²) < 4.78 is 0. The number of carbonyl (C=O) groups excluding carboxylic acids is 1. The molecule has 1 fully saturated rings. The van der Waals surface area contributed by atoms with Crippen LogP contribution in [0.25, 0.3) is 0 Å². The Bertz CT molecular complexity index is 438. The number of carbonyl (C=O) groups is 1. The molecule has 0 aromatic heterocycles. The van der Waals surface area contributed by atoms with E-state index >= 15 is 0 Å². The molecule has 3 nitrogen and oxygen atoms in total. The number of amides is 1. The second kappa shape index (κ2) is 5.53. The molecular formula is C15H22N2O. The number of aryl methyl sites for hydroxylation is 1. The molecule has 0 radical (unpaired) electrons. The van der Waals surface area contributed by atoms with Gasteiger partial charge < -0.3 is 10.6 Å². The summed E-state index contributed by atoms with van der Waals surface area (Å²) in [5.41, 5.74) is 8.67. The van der Waals surface area contributed by atoms with Gasteiger partial charge in [0.25, 0.3) is 5.91 Å². The average Bonchev–Trinajstić information content (AvgIpc) is 3.17. The molecule has 0 unspecified atom stereocenters. The van der Waals surface area contributed by atoms with Crippen molar-refractivity contribution in [2.75, 3.05) is 13.1 Å². The first-order valence-electron chi connectivity index (χ1n) is 6.72. The molecule has 2 rings (SSSR count). The molecule has 3 heteroatoms. The van der Waals surface area contributed by atoms with Gasteiger partial charge in [-0.3, -0.25) is 4.79 Å². The smallest absolute Gasteiger partial charge is 0.254 e. The fourth-order valence-corrected chi connectivity index (χ4v) is 2.24. The van der Waals surface area contributed by atoms with Crippen LogP contribution in [0.2, 0.25) is 0 Å². The van der Waals surface area contributed by atoms with Crippen molar-refractivity contribution in [3.63, 3.8) is 0 Å². The zero-order chi connectivity index (χ0) is 13.1. The average molecular weight is 246 g/mol. The van der Waals surface area contributed by atoms with E-state index in [4.69, 9.17) is 5.73 Å². The molecule has 2 N–H and O–H groups in total. The van der Waals surface area contributed by atoms with Crippen molar-refractivity contribution in [2.24, 2.45) is 5.73 Å². The Morgan fingerprint density at radius 1 is 1.39 bits per heavy atom. The minimum absolute atomic E-state index is 0.173. The van der Waals surface area contributed by atoms with Crippen LogP contribution < -0.4 is 5.73 Å². The SMILES string of the molecule is Cc1cccc(C(=O)N(CCCN)C2CC2)c1C. The zero-order valence-electron chi connectivity index (χ0n) is 11.3. The van der Waals surface area contributed by atoms with Gasteiger partial charge in [-0.15, -0.1) is 0 Å². The highest BCUT2D eigenvalue weighted by atomic mass is 16.2. The predicted octanol–water partition coefficient (Wildman–Crippen LogP) is 2.26. The van der Waals surface area contributed by atoms with Gasteiger partial charge in [-0.05, 0) is 56.8 Å².